The van der Waals surface area contributed by atoms with Gasteiger partial charge in [-0.3, -0.25) is 0 Å². The van der Waals surface area contributed by atoms with E-state index in [1.54, 1.807) is 0 Å². The van der Waals surface area contributed by atoms with E-state index in [4.69, 9.17) is 11.5 Å². The number of halogens is 2. The first-order valence-corrected chi connectivity index (χ1v) is 6.19. The van der Waals surface area contributed by atoms with Crippen molar-refractivity contribution in [3.05, 3.63) is 29.3 Å². The van der Waals surface area contributed by atoms with Crippen molar-refractivity contribution in [1.29, 1.82) is 0 Å². The minimum atomic E-state index is -1.37. The van der Waals surface area contributed by atoms with Crippen LogP contribution < -0.4 is 5.32 Å². The Morgan fingerprint density at radius 2 is 2.06 bits per heavy atom. The summed E-state index contributed by atoms with van der Waals surface area (Å²) in [5, 5.41) is 11.2. The first-order valence-electron chi connectivity index (χ1n) is 5.03. The third-order valence-corrected chi connectivity index (χ3v) is 2.89. The fourth-order valence-corrected chi connectivity index (χ4v) is 1.75. The monoisotopic (exact) mass is 271 g/mol. The molecular formula is C12H11F2NO2S. The van der Waals surface area contributed by atoms with Crippen molar-refractivity contribution < 1.29 is 18.7 Å². The largest absolute Gasteiger partial charge is 0.478 e. The summed E-state index contributed by atoms with van der Waals surface area (Å²) in [6.45, 7) is 0.340. The van der Waals surface area contributed by atoms with Crippen LogP contribution in [-0.4, -0.2) is 29.1 Å². The number of carbonyl (C=O) groups is 1. The van der Waals surface area contributed by atoms with E-state index in [-0.39, 0.29) is 5.69 Å². The summed E-state index contributed by atoms with van der Waals surface area (Å²) >= 11 is 1.45. The minimum Gasteiger partial charge on any atom is -0.478 e. The molecule has 1 aromatic carbocycles. The Balaban J connectivity index is 2.67. The number of rotatable bonds is 6. The highest BCUT2D eigenvalue weighted by Gasteiger charge is 2.13. The molecule has 0 saturated carbocycles. The zero-order valence-corrected chi connectivity index (χ0v) is 10.2. The summed E-state index contributed by atoms with van der Waals surface area (Å²) in [6.07, 6.45) is 5.05. The number of thioether (sulfide) groups is 1. The van der Waals surface area contributed by atoms with Crippen molar-refractivity contribution in [3.63, 3.8) is 0 Å². The van der Waals surface area contributed by atoms with Gasteiger partial charge in [-0.05, 0) is 12.1 Å². The van der Waals surface area contributed by atoms with Crippen molar-refractivity contribution in [3.8, 4) is 12.3 Å². The van der Waals surface area contributed by atoms with Crippen molar-refractivity contribution in [2.45, 2.75) is 0 Å². The Hall–Kier alpha value is -1.74. The van der Waals surface area contributed by atoms with Gasteiger partial charge in [-0.25, -0.2) is 13.6 Å². The Morgan fingerprint density at radius 1 is 1.44 bits per heavy atom. The molecule has 0 bridgehead atoms. The molecule has 0 fully saturated rings. The highest BCUT2D eigenvalue weighted by Crippen LogP contribution is 2.20. The number of carboxylic acids is 1. The lowest BCUT2D eigenvalue weighted by Gasteiger charge is -2.09. The van der Waals surface area contributed by atoms with Gasteiger partial charge in [0.2, 0.25) is 0 Å². The summed E-state index contributed by atoms with van der Waals surface area (Å²) in [6, 6.07) is 1.56. The first kappa shape index (κ1) is 14.3. The molecule has 0 amide bonds. The standard InChI is InChI=1S/C12H11F2NO2S/c1-2-4-18-5-3-15-11-9(13)6-8(12(16)17)7-10(11)14/h1,6-7,15H,3-5H2,(H,16,17). The molecule has 0 saturated heterocycles. The third-order valence-electron chi connectivity index (χ3n) is 2.02. The fourth-order valence-electron chi connectivity index (χ4n) is 1.24. The fraction of sp³-hybridized carbons (Fsp3) is 0.250. The highest BCUT2D eigenvalue weighted by atomic mass is 32.2. The van der Waals surface area contributed by atoms with E-state index in [1.807, 2.05) is 0 Å². The molecule has 3 nitrogen and oxygen atoms in total. The van der Waals surface area contributed by atoms with Crippen LogP contribution in [0.25, 0.3) is 0 Å². The van der Waals surface area contributed by atoms with Gasteiger partial charge in [-0.15, -0.1) is 18.2 Å². The van der Waals surface area contributed by atoms with Crippen LogP contribution in [0.2, 0.25) is 0 Å². The van der Waals surface area contributed by atoms with Crippen LogP contribution in [-0.2, 0) is 0 Å². The van der Waals surface area contributed by atoms with Gasteiger partial charge in [-0.1, -0.05) is 5.92 Å². The van der Waals surface area contributed by atoms with Gasteiger partial charge in [0.1, 0.15) is 17.3 Å². The molecule has 6 heteroatoms. The second-order valence-corrected chi connectivity index (χ2v) is 4.41. The predicted octanol–water partition coefficient (Wildman–Crippen LogP) is 2.44. The maximum atomic E-state index is 13.4. The molecule has 0 aromatic heterocycles. The number of hydrogen-bond acceptors (Lipinski definition) is 3. The third kappa shape index (κ3) is 3.93. The molecule has 0 unspecified atom stereocenters. The van der Waals surface area contributed by atoms with Gasteiger partial charge >= 0.3 is 5.97 Å². The average Bonchev–Trinajstić information content (AvgIpc) is 2.31. The van der Waals surface area contributed by atoms with Gasteiger partial charge in [0.05, 0.1) is 11.3 Å². The van der Waals surface area contributed by atoms with Crippen molar-refractivity contribution in [1.82, 2.24) is 0 Å². The summed E-state index contributed by atoms with van der Waals surface area (Å²) in [4.78, 5) is 10.6. The minimum absolute atomic E-state index is 0.318. The van der Waals surface area contributed by atoms with Gasteiger partial charge in [0.25, 0.3) is 0 Å². The molecule has 18 heavy (non-hydrogen) atoms. The van der Waals surface area contributed by atoms with E-state index in [2.05, 4.69) is 11.2 Å². The quantitative estimate of drug-likeness (QED) is 0.616. The number of benzene rings is 1. The molecule has 0 atom stereocenters. The number of carboxylic acid groups (broad SMARTS) is 1. The Morgan fingerprint density at radius 3 is 2.56 bits per heavy atom. The van der Waals surface area contributed by atoms with Gasteiger partial charge in [-0.2, -0.15) is 0 Å². The second kappa shape index (κ2) is 6.87. The molecule has 0 spiro atoms. The maximum Gasteiger partial charge on any atom is 0.335 e. The van der Waals surface area contributed by atoms with Crippen molar-refractivity contribution in [2.24, 2.45) is 0 Å². The number of nitrogens with one attached hydrogen (secondary N) is 1. The molecule has 0 aliphatic carbocycles. The zero-order chi connectivity index (χ0) is 13.5. The van der Waals surface area contributed by atoms with Crippen LogP contribution in [0.15, 0.2) is 12.1 Å². The van der Waals surface area contributed by atoms with E-state index in [0.29, 0.717) is 18.1 Å². The molecule has 0 aliphatic rings. The summed E-state index contributed by atoms with van der Waals surface area (Å²) in [5.74, 6) is 0.349. The summed E-state index contributed by atoms with van der Waals surface area (Å²) in [7, 11) is 0. The van der Waals surface area contributed by atoms with E-state index >= 15 is 0 Å². The number of aromatic carboxylic acids is 1. The van der Waals surface area contributed by atoms with Crippen LogP contribution in [0.4, 0.5) is 14.5 Å². The topological polar surface area (TPSA) is 49.3 Å². The lowest BCUT2D eigenvalue weighted by Crippen LogP contribution is -2.09. The van der Waals surface area contributed by atoms with E-state index in [1.165, 1.54) is 11.8 Å². The lowest BCUT2D eigenvalue weighted by atomic mass is 10.2. The lowest BCUT2D eigenvalue weighted by molar-refractivity contribution is 0.0696. The number of terminal acetylenes is 1. The first-order chi connectivity index (χ1) is 8.56. The molecule has 96 valence electrons. The summed E-state index contributed by atoms with van der Waals surface area (Å²) < 4.78 is 26.9. The summed E-state index contributed by atoms with van der Waals surface area (Å²) in [5.41, 5.74) is -0.737. The molecule has 1 rings (SSSR count). The predicted molar refractivity (Wildman–Crippen MR) is 68.0 cm³/mol. The maximum absolute atomic E-state index is 13.4. The zero-order valence-electron chi connectivity index (χ0n) is 9.37. The average molecular weight is 271 g/mol. The van der Waals surface area contributed by atoms with Gasteiger partial charge in [0, 0.05) is 12.3 Å². The molecule has 0 heterocycles. The normalized spacial score (nSPS) is 9.83. The molecule has 1 aromatic rings. The van der Waals surface area contributed by atoms with E-state index < -0.39 is 23.2 Å². The second-order valence-electron chi connectivity index (χ2n) is 3.30. The number of anilines is 1. The van der Waals surface area contributed by atoms with E-state index in [0.717, 1.165) is 12.1 Å². The smallest absolute Gasteiger partial charge is 0.335 e. The Labute approximate surface area is 108 Å². The number of hydrogen-bond donors (Lipinski definition) is 2. The van der Waals surface area contributed by atoms with E-state index in [9.17, 15) is 13.6 Å². The Bertz CT molecular complexity index is 462. The molecule has 0 radical (unpaired) electrons. The van der Waals surface area contributed by atoms with Gasteiger partial charge in [0.15, 0.2) is 0 Å². The van der Waals surface area contributed by atoms with Crippen LogP contribution in [0.5, 0.6) is 0 Å². The van der Waals surface area contributed by atoms with Gasteiger partial charge < -0.3 is 10.4 Å². The van der Waals surface area contributed by atoms with Crippen LogP contribution in [0.3, 0.4) is 0 Å². The SMILES string of the molecule is C#CCSCCNc1c(F)cc(C(=O)O)cc1F. The Kier molecular flexibility index (Phi) is 5.46. The van der Waals surface area contributed by atoms with Crippen molar-refractivity contribution in [2.75, 3.05) is 23.4 Å². The van der Waals surface area contributed by atoms with Crippen LogP contribution in [0, 0.1) is 24.0 Å². The molecule has 2 N–H and O–H groups in total. The highest BCUT2D eigenvalue weighted by molar-refractivity contribution is 7.99. The van der Waals surface area contributed by atoms with Crippen molar-refractivity contribution >= 4 is 23.4 Å². The molecule has 0 aliphatic heterocycles. The van der Waals surface area contributed by atoms with Crippen LogP contribution >= 0.6 is 11.8 Å². The molecular weight excluding hydrogens is 260 g/mol. The van der Waals surface area contributed by atoms with Crippen LogP contribution in [0.1, 0.15) is 10.4 Å².